The molecule has 1 aromatic heterocycles. The summed E-state index contributed by atoms with van der Waals surface area (Å²) >= 11 is 0. The molecule has 0 saturated carbocycles. The fraction of sp³-hybridized carbons (Fsp3) is 0.818. The van der Waals surface area contributed by atoms with E-state index in [1.54, 1.807) is 0 Å². The fourth-order valence-corrected chi connectivity index (χ4v) is 1.51. The third kappa shape index (κ3) is 2.56. The van der Waals surface area contributed by atoms with Gasteiger partial charge in [0.1, 0.15) is 5.82 Å². The summed E-state index contributed by atoms with van der Waals surface area (Å²) in [6.45, 7) is 11.4. The Labute approximate surface area is 91.9 Å². The molecule has 4 heteroatoms. The van der Waals surface area contributed by atoms with Crippen molar-refractivity contribution in [1.82, 2.24) is 14.8 Å². The third-order valence-corrected chi connectivity index (χ3v) is 2.62. The summed E-state index contributed by atoms with van der Waals surface area (Å²) < 4.78 is 2.12. The molecule has 0 fully saturated rings. The number of aromatic nitrogens is 3. The van der Waals surface area contributed by atoms with Crippen molar-refractivity contribution in [3.63, 3.8) is 0 Å². The Balaban J connectivity index is 3.03. The standard InChI is InChI=1S/C11H22N4/c1-6-7-15-8(2)13-14-10(15)9(12)11(3,4)5/h9H,6-7,12H2,1-5H3/t9-/m1/s1. The highest BCUT2D eigenvalue weighted by atomic mass is 15.3. The van der Waals surface area contributed by atoms with Gasteiger partial charge in [0.25, 0.3) is 0 Å². The molecule has 0 radical (unpaired) electrons. The van der Waals surface area contributed by atoms with Crippen molar-refractivity contribution in [2.24, 2.45) is 11.1 Å². The predicted octanol–water partition coefficient (Wildman–Crippen LogP) is 2.04. The highest BCUT2D eigenvalue weighted by molar-refractivity contribution is 5.03. The zero-order valence-electron chi connectivity index (χ0n) is 10.4. The lowest BCUT2D eigenvalue weighted by atomic mass is 9.87. The van der Waals surface area contributed by atoms with Gasteiger partial charge in [0, 0.05) is 6.54 Å². The van der Waals surface area contributed by atoms with E-state index in [0.29, 0.717) is 0 Å². The summed E-state index contributed by atoms with van der Waals surface area (Å²) in [6.07, 6.45) is 1.07. The van der Waals surface area contributed by atoms with Crippen LogP contribution in [0.15, 0.2) is 0 Å². The van der Waals surface area contributed by atoms with Gasteiger partial charge in [-0.2, -0.15) is 0 Å². The average molecular weight is 210 g/mol. The first-order chi connectivity index (χ1) is 6.88. The molecule has 0 aliphatic heterocycles. The van der Waals surface area contributed by atoms with Crippen LogP contribution in [0.3, 0.4) is 0 Å². The molecule has 1 aromatic rings. The second kappa shape index (κ2) is 4.31. The molecule has 0 aliphatic carbocycles. The van der Waals surface area contributed by atoms with E-state index in [9.17, 15) is 0 Å². The lowest BCUT2D eigenvalue weighted by Crippen LogP contribution is -2.29. The highest BCUT2D eigenvalue weighted by Gasteiger charge is 2.27. The van der Waals surface area contributed by atoms with Crippen molar-refractivity contribution in [2.75, 3.05) is 0 Å². The Bertz CT molecular complexity index is 322. The summed E-state index contributed by atoms with van der Waals surface area (Å²) in [5, 5.41) is 8.29. The number of aryl methyl sites for hydroxylation is 1. The number of rotatable bonds is 3. The molecule has 1 rings (SSSR count). The van der Waals surface area contributed by atoms with Crippen LogP contribution in [-0.2, 0) is 6.54 Å². The largest absolute Gasteiger partial charge is 0.321 e. The average Bonchev–Trinajstić information content (AvgIpc) is 2.46. The maximum atomic E-state index is 6.19. The minimum Gasteiger partial charge on any atom is -0.321 e. The first-order valence-corrected chi connectivity index (χ1v) is 5.53. The fourth-order valence-electron chi connectivity index (χ4n) is 1.51. The van der Waals surface area contributed by atoms with Crippen LogP contribution in [0.4, 0.5) is 0 Å². The minimum atomic E-state index is -0.0646. The van der Waals surface area contributed by atoms with Crippen molar-refractivity contribution in [2.45, 2.75) is 53.6 Å². The quantitative estimate of drug-likeness (QED) is 0.830. The van der Waals surface area contributed by atoms with Crippen LogP contribution in [0.5, 0.6) is 0 Å². The molecular formula is C11H22N4. The second-order valence-corrected chi connectivity index (χ2v) is 5.10. The predicted molar refractivity (Wildman–Crippen MR) is 61.4 cm³/mol. The zero-order chi connectivity index (χ0) is 11.6. The van der Waals surface area contributed by atoms with Crippen LogP contribution in [0.2, 0.25) is 0 Å². The number of nitrogens with zero attached hydrogens (tertiary/aromatic N) is 3. The van der Waals surface area contributed by atoms with E-state index >= 15 is 0 Å². The second-order valence-electron chi connectivity index (χ2n) is 5.10. The first kappa shape index (κ1) is 12.2. The summed E-state index contributed by atoms with van der Waals surface area (Å²) in [4.78, 5) is 0. The van der Waals surface area contributed by atoms with E-state index in [2.05, 4.69) is 42.5 Å². The third-order valence-electron chi connectivity index (χ3n) is 2.62. The summed E-state index contributed by atoms with van der Waals surface area (Å²) in [6, 6.07) is -0.0646. The first-order valence-electron chi connectivity index (χ1n) is 5.53. The van der Waals surface area contributed by atoms with Gasteiger partial charge in [-0.15, -0.1) is 10.2 Å². The number of hydrogen-bond donors (Lipinski definition) is 1. The molecule has 0 aliphatic rings. The molecule has 2 N–H and O–H groups in total. The lowest BCUT2D eigenvalue weighted by molar-refractivity contribution is 0.306. The molecule has 15 heavy (non-hydrogen) atoms. The summed E-state index contributed by atoms with van der Waals surface area (Å²) in [5.74, 6) is 1.86. The molecule has 4 nitrogen and oxygen atoms in total. The summed E-state index contributed by atoms with van der Waals surface area (Å²) in [5.41, 5.74) is 6.21. The van der Waals surface area contributed by atoms with Crippen molar-refractivity contribution < 1.29 is 0 Å². The van der Waals surface area contributed by atoms with Gasteiger partial charge >= 0.3 is 0 Å². The van der Waals surface area contributed by atoms with E-state index < -0.39 is 0 Å². The topological polar surface area (TPSA) is 56.7 Å². The van der Waals surface area contributed by atoms with Gasteiger partial charge in [-0.1, -0.05) is 27.7 Å². The maximum absolute atomic E-state index is 6.19. The monoisotopic (exact) mass is 210 g/mol. The van der Waals surface area contributed by atoms with Crippen LogP contribution in [0.1, 0.15) is 51.8 Å². The Morgan fingerprint density at radius 1 is 1.33 bits per heavy atom. The van der Waals surface area contributed by atoms with Crippen LogP contribution >= 0.6 is 0 Å². The van der Waals surface area contributed by atoms with Crippen LogP contribution < -0.4 is 5.73 Å². The van der Waals surface area contributed by atoms with Crippen LogP contribution in [0, 0.1) is 12.3 Å². The normalized spacial score (nSPS) is 14.3. The molecule has 86 valence electrons. The van der Waals surface area contributed by atoms with E-state index in [1.165, 1.54) is 0 Å². The molecule has 0 amide bonds. The molecule has 0 aromatic carbocycles. The molecule has 0 saturated heterocycles. The van der Waals surface area contributed by atoms with Gasteiger partial charge < -0.3 is 10.3 Å². The summed E-state index contributed by atoms with van der Waals surface area (Å²) in [7, 11) is 0. The van der Waals surface area contributed by atoms with Crippen molar-refractivity contribution >= 4 is 0 Å². The van der Waals surface area contributed by atoms with Gasteiger partial charge in [0.15, 0.2) is 5.82 Å². The molecule has 0 unspecified atom stereocenters. The van der Waals surface area contributed by atoms with Gasteiger partial charge in [-0.3, -0.25) is 0 Å². The Morgan fingerprint density at radius 3 is 2.40 bits per heavy atom. The smallest absolute Gasteiger partial charge is 0.150 e. The zero-order valence-corrected chi connectivity index (χ0v) is 10.4. The number of hydrogen-bond acceptors (Lipinski definition) is 3. The van der Waals surface area contributed by atoms with Crippen LogP contribution in [0.25, 0.3) is 0 Å². The molecule has 1 atom stereocenters. The SMILES string of the molecule is CCCn1c(C)nnc1[C@@H](N)C(C)(C)C. The van der Waals surface area contributed by atoms with Gasteiger partial charge in [0.2, 0.25) is 0 Å². The van der Waals surface area contributed by atoms with E-state index in [4.69, 9.17) is 5.73 Å². The Kier molecular flexibility index (Phi) is 3.50. The van der Waals surface area contributed by atoms with Crippen molar-refractivity contribution in [3.8, 4) is 0 Å². The minimum absolute atomic E-state index is 0.0188. The van der Waals surface area contributed by atoms with Gasteiger partial charge in [-0.05, 0) is 18.8 Å². The Morgan fingerprint density at radius 2 is 1.93 bits per heavy atom. The van der Waals surface area contributed by atoms with Gasteiger partial charge in [0.05, 0.1) is 6.04 Å². The molecule has 1 heterocycles. The maximum Gasteiger partial charge on any atom is 0.150 e. The highest BCUT2D eigenvalue weighted by Crippen LogP contribution is 2.29. The van der Waals surface area contributed by atoms with Crippen molar-refractivity contribution in [3.05, 3.63) is 11.6 Å². The number of nitrogens with two attached hydrogens (primary N) is 1. The van der Waals surface area contributed by atoms with Crippen LogP contribution in [-0.4, -0.2) is 14.8 Å². The molecular weight excluding hydrogens is 188 g/mol. The van der Waals surface area contributed by atoms with E-state index in [0.717, 1.165) is 24.6 Å². The Hall–Kier alpha value is -0.900. The van der Waals surface area contributed by atoms with E-state index in [1.807, 2.05) is 6.92 Å². The molecule has 0 bridgehead atoms. The van der Waals surface area contributed by atoms with E-state index in [-0.39, 0.29) is 11.5 Å². The van der Waals surface area contributed by atoms with Crippen molar-refractivity contribution in [1.29, 1.82) is 0 Å². The van der Waals surface area contributed by atoms with Gasteiger partial charge in [-0.25, -0.2) is 0 Å². The lowest BCUT2D eigenvalue weighted by Gasteiger charge is -2.26. The molecule has 0 spiro atoms.